The number of rotatable bonds is 5. The number of hydrogen-bond donors (Lipinski definition) is 1. The average molecular weight is 298 g/mol. The first-order valence-corrected chi connectivity index (χ1v) is 8.35. The van der Waals surface area contributed by atoms with Crippen molar-refractivity contribution in [3.8, 4) is 0 Å². The zero-order valence-electron chi connectivity index (χ0n) is 13.8. The van der Waals surface area contributed by atoms with Gasteiger partial charge in [0.2, 0.25) is 0 Å². The number of aromatic nitrogens is 3. The summed E-state index contributed by atoms with van der Waals surface area (Å²) in [6.07, 6.45) is 2.18. The molecule has 3 rings (SSSR count). The van der Waals surface area contributed by atoms with Crippen molar-refractivity contribution >= 4 is 0 Å². The van der Waals surface area contributed by atoms with Gasteiger partial charge in [0.25, 0.3) is 0 Å². The van der Waals surface area contributed by atoms with E-state index in [0.29, 0.717) is 17.9 Å². The van der Waals surface area contributed by atoms with Gasteiger partial charge < -0.3 is 9.88 Å². The first kappa shape index (κ1) is 15.2. The molecule has 118 valence electrons. The third kappa shape index (κ3) is 3.22. The molecule has 0 saturated carbocycles. The second-order valence-corrected chi connectivity index (χ2v) is 6.70. The van der Waals surface area contributed by atoms with Crippen molar-refractivity contribution in [2.45, 2.75) is 58.0 Å². The maximum absolute atomic E-state index is 4.36. The smallest absolute Gasteiger partial charge is 0.135 e. The van der Waals surface area contributed by atoms with Gasteiger partial charge in [0, 0.05) is 31.5 Å². The van der Waals surface area contributed by atoms with Crippen LogP contribution in [0.3, 0.4) is 0 Å². The van der Waals surface area contributed by atoms with Crippen LogP contribution in [0, 0.1) is 0 Å². The minimum Gasteiger partial charge on any atom is -0.313 e. The van der Waals surface area contributed by atoms with Gasteiger partial charge in [-0.2, -0.15) is 0 Å². The van der Waals surface area contributed by atoms with Crippen molar-refractivity contribution in [3.63, 3.8) is 0 Å². The minimum atomic E-state index is 0.434. The molecule has 2 heterocycles. The fraction of sp³-hybridized carbons (Fsp3) is 0.556. The van der Waals surface area contributed by atoms with E-state index in [4.69, 9.17) is 0 Å². The Bertz CT molecular complexity index is 603. The molecule has 1 aromatic carbocycles. The molecule has 0 fully saturated rings. The van der Waals surface area contributed by atoms with Gasteiger partial charge in [-0.05, 0) is 17.9 Å². The van der Waals surface area contributed by atoms with Crippen LogP contribution in [-0.4, -0.2) is 27.4 Å². The molecule has 1 N–H and O–H groups in total. The summed E-state index contributed by atoms with van der Waals surface area (Å²) in [7, 11) is 0. The van der Waals surface area contributed by atoms with Gasteiger partial charge in [0.1, 0.15) is 11.6 Å². The maximum Gasteiger partial charge on any atom is 0.135 e. The normalized spacial score (nSPS) is 19.2. The molecule has 0 amide bonds. The summed E-state index contributed by atoms with van der Waals surface area (Å²) in [5.74, 6) is 3.24. The summed E-state index contributed by atoms with van der Waals surface area (Å²) in [6.45, 7) is 8.67. The van der Waals surface area contributed by atoms with Crippen LogP contribution in [0.1, 0.15) is 56.2 Å². The number of nitrogens with zero attached hydrogens (tertiary/aromatic N) is 3. The Morgan fingerprint density at radius 1 is 1.18 bits per heavy atom. The predicted octanol–water partition coefficient (Wildman–Crippen LogP) is 3.11. The molecule has 2 aromatic rings. The Morgan fingerprint density at radius 3 is 2.68 bits per heavy atom. The molecule has 0 bridgehead atoms. The summed E-state index contributed by atoms with van der Waals surface area (Å²) in [6, 6.07) is 11.2. The molecular weight excluding hydrogens is 272 g/mol. The van der Waals surface area contributed by atoms with E-state index in [9.17, 15) is 0 Å². The SMILES string of the molecule is CC(C)c1nnc2n1C[C@H](NC[C@H](C)c1ccccc1)CC2. The molecule has 1 aliphatic rings. The fourth-order valence-corrected chi connectivity index (χ4v) is 3.18. The number of hydrogen-bond acceptors (Lipinski definition) is 3. The van der Waals surface area contributed by atoms with Gasteiger partial charge in [-0.15, -0.1) is 10.2 Å². The molecule has 0 saturated heterocycles. The number of nitrogens with one attached hydrogen (secondary N) is 1. The third-order valence-corrected chi connectivity index (χ3v) is 4.57. The third-order valence-electron chi connectivity index (χ3n) is 4.57. The lowest BCUT2D eigenvalue weighted by atomic mass is 10.00. The molecule has 2 atom stereocenters. The van der Waals surface area contributed by atoms with E-state index < -0.39 is 0 Å². The minimum absolute atomic E-state index is 0.434. The number of aryl methyl sites for hydroxylation is 1. The van der Waals surface area contributed by atoms with Gasteiger partial charge in [-0.3, -0.25) is 0 Å². The quantitative estimate of drug-likeness (QED) is 0.922. The van der Waals surface area contributed by atoms with Crippen LogP contribution < -0.4 is 5.32 Å². The lowest BCUT2D eigenvalue weighted by Gasteiger charge is -2.27. The lowest BCUT2D eigenvalue weighted by molar-refractivity contribution is 0.366. The summed E-state index contributed by atoms with van der Waals surface area (Å²) < 4.78 is 2.32. The Balaban J connectivity index is 1.60. The summed E-state index contributed by atoms with van der Waals surface area (Å²) in [5.41, 5.74) is 1.40. The molecule has 22 heavy (non-hydrogen) atoms. The van der Waals surface area contributed by atoms with Crippen LogP contribution in [0.4, 0.5) is 0 Å². The van der Waals surface area contributed by atoms with Crippen LogP contribution in [0.15, 0.2) is 30.3 Å². The topological polar surface area (TPSA) is 42.7 Å². The Labute approximate surface area is 133 Å². The Hall–Kier alpha value is -1.68. The van der Waals surface area contributed by atoms with E-state index >= 15 is 0 Å². The van der Waals surface area contributed by atoms with E-state index in [1.807, 2.05) is 0 Å². The molecule has 1 aliphatic heterocycles. The molecule has 0 spiro atoms. The fourth-order valence-electron chi connectivity index (χ4n) is 3.18. The van der Waals surface area contributed by atoms with Crippen LogP contribution >= 0.6 is 0 Å². The van der Waals surface area contributed by atoms with Crippen molar-refractivity contribution in [3.05, 3.63) is 47.5 Å². The van der Waals surface area contributed by atoms with Gasteiger partial charge in [-0.25, -0.2) is 0 Å². The molecular formula is C18H26N4. The van der Waals surface area contributed by atoms with E-state index in [-0.39, 0.29) is 0 Å². The second-order valence-electron chi connectivity index (χ2n) is 6.70. The Kier molecular flexibility index (Phi) is 4.57. The molecule has 0 aliphatic carbocycles. The van der Waals surface area contributed by atoms with Crippen LogP contribution in [0.5, 0.6) is 0 Å². The molecule has 4 heteroatoms. The van der Waals surface area contributed by atoms with E-state index in [1.165, 1.54) is 5.56 Å². The van der Waals surface area contributed by atoms with Crippen molar-refractivity contribution in [1.29, 1.82) is 0 Å². The van der Waals surface area contributed by atoms with Crippen LogP contribution in [-0.2, 0) is 13.0 Å². The first-order chi connectivity index (χ1) is 10.6. The van der Waals surface area contributed by atoms with E-state index in [0.717, 1.165) is 37.6 Å². The van der Waals surface area contributed by atoms with E-state index in [1.54, 1.807) is 0 Å². The van der Waals surface area contributed by atoms with Crippen molar-refractivity contribution in [2.24, 2.45) is 0 Å². The van der Waals surface area contributed by atoms with Gasteiger partial charge in [0.05, 0.1) is 0 Å². The van der Waals surface area contributed by atoms with E-state index in [2.05, 4.69) is 71.2 Å². The Morgan fingerprint density at radius 2 is 1.95 bits per heavy atom. The van der Waals surface area contributed by atoms with Gasteiger partial charge in [0.15, 0.2) is 0 Å². The first-order valence-electron chi connectivity index (χ1n) is 8.35. The van der Waals surface area contributed by atoms with Crippen LogP contribution in [0.2, 0.25) is 0 Å². The number of benzene rings is 1. The maximum atomic E-state index is 4.36. The highest BCUT2D eigenvalue weighted by molar-refractivity contribution is 5.19. The van der Waals surface area contributed by atoms with Crippen molar-refractivity contribution in [2.75, 3.05) is 6.54 Å². The molecule has 0 radical (unpaired) electrons. The van der Waals surface area contributed by atoms with Crippen molar-refractivity contribution < 1.29 is 0 Å². The molecule has 4 nitrogen and oxygen atoms in total. The average Bonchev–Trinajstić information content (AvgIpc) is 2.96. The predicted molar refractivity (Wildman–Crippen MR) is 89.1 cm³/mol. The second kappa shape index (κ2) is 6.61. The molecule has 1 aromatic heterocycles. The lowest BCUT2D eigenvalue weighted by Crippen LogP contribution is -2.39. The van der Waals surface area contributed by atoms with Crippen molar-refractivity contribution in [1.82, 2.24) is 20.1 Å². The number of fused-ring (bicyclic) bond motifs is 1. The molecule has 0 unspecified atom stereocenters. The van der Waals surface area contributed by atoms with Gasteiger partial charge in [-0.1, -0.05) is 51.1 Å². The largest absolute Gasteiger partial charge is 0.313 e. The zero-order valence-corrected chi connectivity index (χ0v) is 13.8. The van der Waals surface area contributed by atoms with Crippen LogP contribution in [0.25, 0.3) is 0 Å². The summed E-state index contributed by atoms with van der Waals surface area (Å²) >= 11 is 0. The highest BCUT2D eigenvalue weighted by Crippen LogP contribution is 2.21. The zero-order chi connectivity index (χ0) is 15.5. The highest BCUT2D eigenvalue weighted by Gasteiger charge is 2.23. The summed E-state index contributed by atoms with van der Waals surface area (Å²) in [4.78, 5) is 0. The van der Waals surface area contributed by atoms with Gasteiger partial charge >= 0.3 is 0 Å². The highest BCUT2D eigenvalue weighted by atomic mass is 15.3. The monoisotopic (exact) mass is 298 g/mol. The standard InChI is InChI=1S/C18H26N4/c1-13(2)18-21-20-17-10-9-16(12-22(17)18)19-11-14(3)15-7-5-4-6-8-15/h4-8,13-14,16,19H,9-12H2,1-3H3/t14-,16+/m0/s1. The summed E-state index contributed by atoms with van der Waals surface area (Å²) in [5, 5.41) is 12.4.